The quantitative estimate of drug-likeness (QED) is 0.594. The van der Waals surface area contributed by atoms with Crippen molar-refractivity contribution < 1.29 is 4.79 Å². The highest BCUT2D eigenvalue weighted by atomic mass is 32.1. The van der Waals surface area contributed by atoms with Crippen LogP contribution in [-0.4, -0.2) is 37.5 Å². The summed E-state index contributed by atoms with van der Waals surface area (Å²) in [5.41, 5.74) is 2.88. The van der Waals surface area contributed by atoms with Crippen molar-refractivity contribution in [2.75, 3.05) is 17.7 Å². The predicted octanol–water partition coefficient (Wildman–Crippen LogP) is 2.27. The Morgan fingerprint density at radius 3 is 2.75 bits per heavy atom. The fraction of sp³-hybridized carbons (Fsp3) is 0.133. The number of amides is 1. The summed E-state index contributed by atoms with van der Waals surface area (Å²) < 4.78 is 1.90. The fourth-order valence-corrected chi connectivity index (χ4v) is 3.32. The Kier molecular flexibility index (Phi) is 3.35. The van der Waals surface area contributed by atoms with Crippen LogP contribution >= 0.6 is 11.3 Å². The van der Waals surface area contributed by atoms with Crippen molar-refractivity contribution in [1.82, 2.24) is 24.5 Å². The van der Waals surface area contributed by atoms with E-state index in [1.165, 1.54) is 11.3 Å². The van der Waals surface area contributed by atoms with Gasteiger partial charge in [-0.25, -0.2) is 15.0 Å². The first kappa shape index (κ1) is 14.5. The Labute approximate surface area is 140 Å². The molecule has 0 fully saturated rings. The van der Waals surface area contributed by atoms with Gasteiger partial charge in [-0.15, -0.1) is 0 Å². The summed E-state index contributed by atoms with van der Waals surface area (Å²) in [5, 5.41) is 6.36. The molecule has 0 saturated heterocycles. The van der Waals surface area contributed by atoms with Gasteiger partial charge in [0, 0.05) is 32.1 Å². The first-order chi connectivity index (χ1) is 11.7. The number of imidazole rings is 1. The Morgan fingerprint density at radius 2 is 2.00 bits per heavy atom. The van der Waals surface area contributed by atoms with Crippen LogP contribution in [0.5, 0.6) is 0 Å². The first-order valence-corrected chi connectivity index (χ1v) is 7.99. The lowest BCUT2D eigenvalue weighted by atomic mass is 10.2. The van der Waals surface area contributed by atoms with Crippen LogP contribution in [0.3, 0.4) is 0 Å². The van der Waals surface area contributed by atoms with Crippen molar-refractivity contribution >= 4 is 49.6 Å². The van der Waals surface area contributed by atoms with Crippen LogP contribution in [0.15, 0.2) is 30.9 Å². The van der Waals surface area contributed by atoms with Gasteiger partial charge in [0.2, 0.25) is 0 Å². The largest absolute Gasteiger partial charge is 0.371 e. The molecule has 120 valence electrons. The van der Waals surface area contributed by atoms with Crippen LogP contribution in [0.25, 0.3) is 21.4 Å². The van der Waals surface area contributed by atoms with Gasteiger partial charge in [0.1, 0.15) is 21.4 Å². The molecule has 0 aliphatic rings. The third-order valence-electron chi connectivity index (χ3n) is 3.61. The van der Waals surface area contributed by atoms with Crippen molar-refractivity contribution in [2.24, 2.45) is 7.05 Å². The van der Waals surface area contributed by atoms with Crippen molar-refractivity contribution in [2.45, 2.75) is 0 Å². The van der Waals surface area contributed by atoms with Crippen molar-refractivity contribution in [1.29, 1.82) is 0 Å². The van der Waals surface area contributed by atoms with E-state index in [9.17, 15) is 4.79 Å². The van der Waals surface area contributed by atoms with Crippen LogP contribution in [-0.2, 0) is 7.05 Å². The Balaban J connectivity index is 1.80. The van der Waals surface area contributed by atoms with E-state index in [0.29, 0.717) is 16.5 Å². The van der Waals surface area contributed by atoms with Crippen LogP contribution in [0.4, 0.5) is 10.9 Å². The zero-order valence-corrected chi connectivity index (χ0v) is 13.8. The number of carbonyl (C=O) groups excluding carboxylic acids is 1. The monoisotopic (exact) mass is 339 g/mol. The highest BCUT2D eigenvalue weighted by Gasteiger charge is 2.17. The number of aromatic nitrogens is 5. The maximum absolute atomic E-state index is 12.3. The summed E-state index contributed by atoms with van der Waals surface area (Å²) in [6.45, 7) is 0. The minimum atomic E-state index is -0.230. The molecule has 9 heteroatoms. The lowest BCUT2D eigenvalue weighted by Crippen LogP contribution is -2.11. The molecule has 0 atom stereocenters. The topological polar surface area (TPSA) is 97.6 Å². The lowest BCUT2D eigenvalue weighted by molar-refractivity contribution is 0.102. The number of hydrogen-bond donors (Lipinski definition) is 2. The van der Waals surface area contributed by atoms with Crippen molar-refractivity contribution in [3.8, 4) is 0 Å². The van der Waals surface area contributed by atoms with E-state index in [0.717, 1.165) is 21.4 Å². The van der Waals surface area contributed by atoms with E-state index in [4.69, 9.17) is 0 Å². The third-order valence-corrected chi connectivity index (χ3v) is 4.47. The molecule has 0 aliphatic heterocycles. The SMILES string of the molecule is CNc1nc2sc(NC(=O)c3ccncc3)nc2c2c1ncn2C. The number of aryl methyl sites for hydroxylation is 1. The molecule has 0 aromatic carbocycles. The lowest BCUT2D eigenvalue weighted by Gasteiger charge is -2.01. The molecule has 0 unspecified atom stereocenters. The van der Waals surface area contributed by atoms with E-state index in [1.54, 1.807) is 37.9 Å². The van der Waals surface area contributed by atoms with Crippen LogP contribution in [0.2, 0.25) is 0 Å². The highest BCUT2D eigenvalue weighted by molar-refractivity contribution is 7.22. The molecular weight excluding hydrogens is 326 g/mol. The molecule has 4 heterocycles. The number of anilines is 2. The molecule has 0 bridgehead atoms. The average Bonchev–Trinajstić information content (AvgIpc) is 3.18. The molecule has 4 aromatic heterocycles. The second-order valence-corrected chi connectivity index (χ2v) is 6.10. The van der Waals surface area contributed by atoms with Crippen LogP contribution < -0.4 is 10.6 Å². The number of fused-ring (bicyclic) bond motifs is 3. The van der Waals surface area contributed by atoms with Crippen molar-refractivity contribution in [3.05, 3.63) is 36.4 Å². The zero-order chi connectivity index (χ0) is 16.7. The molecule has 1 amide bonds. The smallest absolute Gasteiger partial charge is 0.257 e. The summed E-state index contributed by atoms with van der Waals surface area (Å²) in [4.78, 5) is 30.4. The molecule has 4 aromatic rings. The van der Waals surface area contributed by atoms with Gasteiger partial charge in [-0.3, -0.25) is 15.1 Å². The normalized spacial score (nSPS) is 11.1. The number of pyridine rings is 2. The standard InChI is InChI=1S/C15H13N7OS/c1-16-12-9-11(22(2)7-18-9)10-14(20-12)24-15(19-10)21-13(23)8-3-5-17-6-4-8/h3-7H,1-2H3,(H,16,20)(H,19,21,23). The fourth-order valence-electron chi connectivity index (χ4n) is 2.48. The van der Waals surface area contributed by atoms with E-state index < -0.39 is 0 Å². The Hall–Kier alpha value is -3.07. The van der Waals surface area contributed by atoms with E-state index >= 15 is 0 Å². The number of nitrogens with one attached hydrogen (secondary N) is 2. The minimum absolute atomic E-state index is 0.230. The van der Waals surface area contributed by atoms with Gasteiger partial charge in [0.25, 0.3) is 5.91 Å². The second-order valence-electron chi connectivity index (χ2n) is 5.13. The summed E-state index contributed by atoms with van der Waals surface area (Å²) in [6.07, 6.45) is 4.88. The Bertz CT molecular complexity index is 1050. The summed E-state index contributed by atoms with van der Waals surface area (Å²) >= 11 is 1.33. The Morgan fingerprint density at radius 1 is 1.21 bits per heavy atom. The number of thiazole rings is 1. The minimum Gasteiger partial charge on any atom is -0.371 e. The first-order valence-electron chi connectivity index (χ1n) is 7.18. The van der Waals surface area contributed by atoms with Gasteiger partial charge in [-0.05, 0) is 12.1 Å². The molecule has 24 heavy (non-hydrogen) atoms. The number of rotatable bonds is 3. The van der Waals surface area contributed by atoms with Gasteiger partial charge in [0.05, 0.1) is 6.33 Å². The molecule has 8 nitrogen and oxygen atoms in total. The zero-order valence-electron chi connectivity index (χ0n) is 12.9. The molecular formula is C15H13N7OS. The van der Waals surface area contributed by atoms with Crippen molar-refractivity contribution in [3.63, 3.8) is 0 Å². The van der Waals surface area contributed by atoms with Gasteiger partial charge >= 0.3 is 0 Å². The van der Waals surface area contributed by atoms with E-state index in [2.05, 4.69) is 30.6 Å². The molecule has 0 aliphatic carbocycles. The summed E-state index contributed by atoms with van der Waals surface area (Å²) in [7, 11) is 3.71. The molecule has 0 saturated carbocycles. The van der Waals surface area contributed by atoms with Gasteiger partial charge < -0.3 is 9.88 Å². The maximum atomic E-state index is 12.3. The van der Waals surface area contributed by atoms with Crippen LogP contribution in [0.1, 0.15) is 10.4 Å². The van der Waals surface area contributed by atoms with E-state index in [-0.39, 0.29) is 5.91 Å². The van der Waals surface area contributed by atoms with Gasteiger partial charge in [-0.1, -0.05) is 11.3 Å². The molecule has 2 N–H and O–H groups in total. The summed E-state index contributed by atoms with van der Waals surface area (Å²) in [5.74, 6) is 0.459. The number of carbonyl (C=O) groups is 1. The molecule has 0 radical (unpaired) electrons. The highest BCUT2D eigenvalue weighted by Crippen LogP contribution is 2.33. The van der Waals surface area contributed by atoms with Gasteiger partial charge in [-0.2, -0.15) is 0 Å². The second kappa shape index (κ2) is 5.53. The van der Waals surface area contributed by atoms with Gasteiger partial charge in [0.15, 0.2) is 10.9 Å². The van der Waals surface area contributed by atoms with Crippen LogP contribution in [0, 0.1) is 0 Å². The van der Waals surface area contributed by atoms with E-state index in [1.807, 2.05) is 11.6 Å². The average molecular weight is 339 g/mol. The molecule has 0 spiro atoms. The summed E-state index contributed by atoms with van der Waals surface area (Å²) in [6, 6.07) is 3.30. The number of hydrogen-bond acceptors (Lipinski definition) is 7. The predicted molar refractivity (Wildman–Crippen MR) is 93.4 cm³/mol. The number of nitrogens with zero attached hydrogens (tertiary/aromatic N) is 5. The molecule has 4 rings (SSSR count). The maximum Gasteiger partial charge on any atom is 0.257 e. The third kappa shape index (κ3) is 2.26.